The minimum atomic E-state index is 0.286. The molecule has 2 aromatic heterocycles. The number of imidazole rings is 1. The lowest BCUT2D eigenvalue weighted by Crippen LogP contribution is -1.86. The van der Waals surface area contributed by atoms with Crippen molar-refractivity contribution < 1.29 is 4.42 Å². The molecule has 0 aliphatic heterocycles. The number of rotatable bonds is 1. The molecule has 6 heteroatoms. The van der Waals surface area contributed by atoms with E-state index in [1.807, 2.05) is 0 Å². The molecule has 3 rings (SSSR count). The molecule has 3 aromatic rings. The van der Waals surface area contributed by atoms with E-state index in [1.165, 1.54) is 6.26 Å². The fourth-order valence-corrected chi connectivity index (χ4v) is 2.13. The average Bonchev–Trinajstić information content (AvgIpc) is 2.83. The molecule has 3 N–H and O–H groups in total. The number of aromatic nitrogens is 2. The Morgan fingerprint density at radius 2 is 2.12 bits per heavy atom. The van der Waals surface area contributed by atoms with Gasteiger partial charge in [-0.15, -0.1) is 0 Å². The lowest BCUT2D eigenvalue weighted by atomic mass is 10.3. The van der Waals surface area contributed by atoms with Crippen LogP contribution in [0, 0.1) is 0 Å². The van der Waals surface area contributed by atoms with Crippen LogP contribution in [-0.4, -0.2) is 9.97 Å². The van der Waals surface area contributed by atoms with E-state index in [4.69, 9.17) is 33.4 Å². The molecule has 0 saturated carbocycles. The van der Waals surface area contributed by atoms with Gasteiger partial charge in [-0.05, 0) is 29.8 Å². The fourth-order valence-electron chi connectivity index (χ4n) is 1.70. The summed E-state index contributed by atoms with van der Waals surface area (Å²) in [4.78, 5) is 7.47. The largest absolute Gasteiger partial charge is 0.452 e. The quantitative estimate of drug-likeness (QED) is 0.661. The van der Waals surface area contributed by atoms with Crippen molar-refractivity contribution in [2.45, 2.75) is 0 Å². The highest BCUT2D eigenvalue weighted by molar-refractivity contribution is 6.32. The van der Waals surface area contributed by atoms with Gasteiger partial charge in [0.25, 0.3) is 0 Å². The molecular formula is C11H7Cl2N3O. The summed E-state index contributed by atoms with van der Waals surface area (Å²) in [6, 6.07) is 5.15. The van der Waals surface area contributed by atoms with E-state index in [-0.39, 0.29) is 5.22 Å². The number of nitrogens with one attached hydrogen (secondary N) is 1. The van der Waals surface area contributed by atoms with Gasteiger partial charge in [0.2, 0.25) is 5.22 Å². The van der Waals surface area contributed by atoms with Crippen molar-refractivity contribution in [2.75, 3.05) is 5.73 Å². The topological polar surface area (TPSA) is 67.8 Å². The maximum atomic E-state index is 5.92. The monoisotopic (exact) mass is 267 g/mol. The number of aromatic amines is 1. The van der Waals surface area contributed by atoms with Gasteiger partial charge in [0, 0.05) is 5.02 Å². The molecule has 0 radical (unpaired) electrons. The van der Waals surface area contributed by atoms with Crippen LogP contribution in [0.25, 0.3) is 22.4 Å². The summed E-state index contributed by atoms with van der Waals surface area (Å²) in [6.07, 6.45) is 1.50. The van der Waals surface area contributed by atoms with Crippen LogP contribution in [0.3, 0.4) is 0 Å². The molecule has 0 saturated heterocycles. The van der Waals surface area contributed by atoms with Gasteiger partial charge in [-0.2, -0.15) is 0 Å². The highest BCUT2D eigenvalue weighted by atomic mass is 35.5. The third kappa shape index (κ3) is 1.66. The third-order valence-corrected chi connectivity index (χ3v) is 2.96. The van der Waals surface area contributed by atoms with E-state index in [9.17, 15) is 0 Å². The van der Waals surface area contributed by atoms with Crippen LogP contribution in [-0.2, 0) is 0 Å². The molecule has 4 nitrogen and oxygen atoms in total. The van der Waals surface area contributed by atoms with E-state index in [0.717, 1.165) is 5.52 Å². The number of hydrogen-bond donors (Lipinski definition) is 2. The molecular weight excluding hydrogens is 261 g/mol. The van der Waals surface area contributed by atoms with Gasteiger partial charge in [-0.3, -0.25) is 0 Å². The third-order valence-electron chi connectivity index (χ3n) is 2.45. The van der Waals surface area contributed by atoms with Crippen molar-refractivity contribution in [3.05, 3.63) is 34.7 Å². The predicted molar refractivity (Wildman–Crippen MR) is 68.2 cm³/mol. The molecule has 0 unspecified atom stereocenters. The number of furan rings is 1. The normalized spacial score (nSPS) is 11.2. The maximum absolute atomic E-state index is 5.92. The first-order valence-corrected chi connectivity index (χ1v) is 5.59. The Bertz CT molecular complexity index is 702. The van der Waals surface area contributed by atoms with E-state index >= 15 is 0 Å². The first-order valence-electron chi connectivity index (χ1n) is 4.83. The second-order valence-corrected chi connectivity index (χ2v) is 4.36. The number of nitrogen functional groups attached to an aromatic ring is 1. The van der Waals surface area contributed by atoms with Crippen LogP contribution in [0.5, 0.6) is 0 Å². The number of halogens is 2. The van der Waals surface area contributed by atoms with Crippen molar-refractivity contribution in [3.8, 4) is 11.4 Å². The highest BCUT2D eigenvalue weighted by Gasteiger charge is 2.13. The zero-order valence-corrected chi connectivity index (χ0v) is 10.0. The molecule has 1 aromatic carbocycles. The lowest BCUT2D eigenvalue weighted by Gasteiger charge is -1.94. The Balaban J connectivity index is 2.27. The first kappa shape index (κ1) is 10.5. The van der Waals surface area contributed by atoms with Crippen LogP contribution >= 0.6 is 23.2 Å². The summed E-state index contributed by atoms with van der Waals surface area (Å²) in [5, 5.41) is 0.845. The highest BCUT2D eigenvalue weighted by Crippen LogP contribution is 2.31. The van der Waals surface area contributed by atoms with Crippen molar-refractivity contribution in [2.24, 2.45) is 0 Å². The zero-order valence-electron chi connectivity index (χ0n) is 8.50. The van der Waals surface area contributed by atoms with Gasteiger partial charge < -0.3 is 15.1 Å². The van der Waals surface area contributed by atoms with Gasteiger partial charge in [-0.1, -0.05) is 11.6 Å². The summed E-state index contributed by atoms with van der Waals surface area (Å²) in [7, 11) is 0. The first-order chi connectivity index (χ1) is 8.15. The summed E-state index contributed by atoms with van der Waals surface area (Å²) < 4.78 is 5.02. The van der Waals surface area contributed by atoms with E-state index in [1.54, 1.807) is 18.2 Å². The summed E-state index contributed by atoms with van der Waals surface area (Å²) in [5.74, 6) is 0.604. The van der Waals surface area contributed by atoms with Crippen LogP contribution in [0.1, 0.15) is 0 Å². The lowest BCUT2D eigenvalue weighted by molar-refractivity contribution is 0.570. The van der Waals surface area contributed by atoms with Gasteiger partial charge >= 0.3 is 0 Å². The Morgan fingerprint density at radius 1 is 1.29 bits per heavy atom. The number of H-pyrrole nitrogens is 1. The van der Waals surface area contributed by atoms with Crippen molar-refractivity contribution in [1.29, 1.82) is 0 Å². The Kier molecular flexibility index (Phi) is 2.28. The van der Waals surface area contributed by atoms with E-state index in [2.05, 4.69) is 9.97 Å². The average molecular weight is 268 g/mol. The number of hydrogen-bond acceptors (Lipinski definition) is 3. The molecule has 0 amide bonds. The van der Waals surface area contributed by atoms with Gasteiger partial charge in [0.15, 0.2) is 0 Å². The van der Waals surface area contributed by atoms with Gasteiger partial charge in [-0.25, -0.2) is 4.98 Å². The molecule has 0 fully saturated rings. The molecule has 17 heavy (non-hydrogen) atoms. The van der Waals surface area contributed by atoms with Gasteiger partial charge in [0.05, 0.1) is 23.0 Å². The van der Waals surface area contributed by atoms with Crippen molar-refractivity contribution in [3.63, 3.8) is 0 Å². The Hall–Kier alpha value is -1.65. The SMILES string of the molecule is Nc1cc(Cl)cc2[nH]c(-c3ccoc3Cl)nc12. The maximum Gasteiger partial charge on any atom is 0.203 e. The van der Waals surface area contributed by atoms with Crippen LogP contribution in [0.15, 0.2) is 28.9 Å². The molecule has 0 aliphatic carbocycles. The molecule has 2 heterocycles. The van der Waals surface area contributed by atoms with Crippen LogP contribution in [0.4, 0.5) is 5.69 Å². The van der Waals surface area contributed by atoms with Crippen molar-refractivity contribution in [1.82, 2.24) is 9.97 Å². The molecule has 0 aliphatic rings. The predicted octanol–water partition coefficient (Wildman–Crippen LogP) is 3.71. The number of anilines is 1. The number of benzene rings is 1. The molecule has 0 bridgehead atoms. The summed E-state index contributed by atoms with van der Waals surface area (Å²) in [6.45, 7) is 0. The Labute approximate surface area is 106 Å². The second-order valence-electron chi connectivity index (χ2n) is 3.58. The van der Waals surface area contributed by atoms with Crippen molar-refractivity contribution >= 4 is 39.9 Å². The number of fused-ring (bicyclic) bond motifs is 1. The molecule has 0 spiro atoms. The standard InChI is InChI=1S/C11H7Cl2N3O/c12-5-3-7(14)9-8(4-5)15-11(16-9)6-1-2-17-10(6)13/h1-4H,14H2,(H,15,16). The van der Waals surface area contributed by atoms with E-state index < -0.39 is 0 Å². The fraction of sp³-hybridized carbons (Fsp3) is 0. The smallest absolute Gasteiger partial charge is 0.203 e. The van der Waals surface area contributed by atoms with E-state index in [0.29, 0.717) is 27.6 Å². The minimum absolute atomic E-state index is 0.286. The Morgan fingerprint density at radius 3 is 2.82 bits per heavy atom. The number of nitrogens with two attached hydrogens (primary N) is 1. The van der Waals surface area contributed by atoms with Gasteiger partial charge in [0.1, 0.15) is 11.3 Å². The summed E-state index contributed by atoms with van der Waals surface area (Å²) >= 11 is 11.8. The number of nitrogens with zero attached hydrogens (tertiary/aromatic N) is 1. The van der Waals surface area contributed by atoms with Crippen LogP contribution in [0.2, 0.25) is 10.2 Å². The summed E-state index contributed by atoms with van der Waals surface area (Å²) in [5.41, 5.74) is 8.49. The second kappa shape index (κ2) is 3.68. The molecule has 0 atom stereocenters. The molecule has 86 valence electrons. The minimum Gasteiger partial charge on any atom is -0.452 e. The zero-order chi connectivity index (χ0) is 12.0. The van der Waals surface area contributed by atoms with Crippen LogP contribution < -0.4 is 5.73 Å².